The van der Waals surface area contributed by atoms with Gasteiger partial charge in [-0.15, -0.1) is 5.10 Å². The van der Waals surface area contributed by atoms with Crippen molar-refractivity contribution in [3.05, 3.63) is 46.6 Å². The van der Waals surface area contributed by atoms with Crippen molar-refractivity contribution in [2.75, 3.05) is 12.4 Å². The Morgan fingerprint density at radius 2 is 1.97 bits per heavy atom. The van der Waals surface area contributed by atoms with Crippen molar-refractivity contribution < 1.29 is 14.3 Å². The van der Waals surface area contributed by atoms with Crippen molar-refractivity contribution >= 4 is 44.8 Å². The van der Waals surface area contributed by atoms with Gasteiger partial charge in [-0.2, -0.15) is 4.98 Å². The van der Waals surface area contributed by atoms with Crippen molar-refractivity contribution in [3.8, 4) is 6.01 Å². The van der Waals surface area contributed by atoms with E-state index in [-0.39, 0.29) is 18.6 Å². The van der Waals surface area contributed by atoms with Crippen LogP contribution in [-0.4, -0.2) is 44.2 Å². The Kier molecular flexibility index (Phi) is 6.84. The Balaban J connectivity index is 1.85. The van der Waals surface area contributed by atoms with E-state index >= 15 is 0 Å². The molecule has 11 nitrogen and oxygen atoms in total. The minimum atomic E-state index is -0.615. The van der Waals surface area contributed by atoms with Gasteiger partial charge in [0.2, 0.25) is 5.96 Å². The number of hydrogen-bond donors (Lipinski definition) is 3. The molecular weight excluding hydrogens is 480 g/mol. The molecule has 170 valence electrons. The number of carbonyl (C=O) groups excluding carboxylic acids is 1. The van der Waals surface area contributed by atoms with Gasteiger partial charge in [0.05, 0.1) is 11.2 Å². The summed E-state index contributed by atoms with van der Waals surface area (Å²) in [4.78, 5) is 20.9. The molecule has 1 aromatic carbocycles. The third kappa shape index (κ3) is 5.45. The van der Waals surface area contributed by atoms with Crippen LogP contribution in [0, 0.1) is 0 Å². The first-order valence-electron chi connectivity index (χ1n) is 9.61. The van der Waals surface area contributed by atoms with Gasteiger partial charge in [-0.1, -0.05) is 12.1 Å². The highest BCUT2D eigenvalue weighted by Gasteiger charge is 2.21. The molecule has 3 rings (SSSR count). The summed E-state index contributed by atoms with van der Waals surface area (Å²) in [7, 11) is 1.60. The second-order valence-corrected chi connectivity index (χ2v) is 8.66. The number of hydrazone groups is 1. The Morgan fingerprint density at radius 3 is 2.62 bits per heavy atom. The quantitative estimate of drug-likeness (QED) is 0.212. The van der Waals surface area contributed by atoms with Gasteiger partial charge in [-0.25, -0.2) is 20.2 Å². The normalized spacial score (nSPS) is 12.0. The van der Waals surface area contributed by atoms with E-state index < -0.39 is 11.7 Å². The Hall–Kier alpha value is -3.38. The van der Waals surface area contributed by atoms with Gasteiger partial charge in [-0.05, 0) is 61.0 Å². The second kappa shape index (κ2) is 9.40. The monoisotopic (exact) mass is 504 g/mol. The first kappa shape index (κ1) is 23.3. The van der Waals surface area contributed by atoms with Crippen molar-refractivity contribution in [1.29, 1.82) is 0 Å². The maximum absolute atomic E-state index is 12.0. The van der Waals surface area contributed by atoms with E-state index in [1.807, 2.05) is 18.2 Å². The average molecular weight is 505 g/mol. The molecule has 1 amide bonds. The molecule has 12 heteroatoms. The molecule has 0 aliphatic carbocycles. The number of halogens is 1. The van der Waals surface area contributed by atoms with Crippen molar-refractivity contribution in [1.82, 2.24) is 19.5 Å². The zero-order valence-corrected chi connectivity index (χ0v) is 19.8. The van der Waals surface area contributed by atoms with Gasteiger partial charge in [-0.3, -0.25) is 10.3 Å². The fourth-order valence-corrected chi connectivity index (χ4v) is 3.26. The lowest BCUT2D eigenvalue weighted by atomic mass is 10.2. The number of fused-ring (bicyclic) bond motifs is 1. The summed E-state index contributed by atoms with van der Waals surface area (Å²) in [5.74, 6) is 12.0. The number of para-hydroxylation sites is 1. The van der Waals surface area contributed by atoms with Crippen molar-refractivity contribution in [2.45, 2.75) is 33.0 Å². The van der Waals surface area contributed by atoms with Crippen LogP contribution in [0.25, 0.3) is 11.0 Å². The van der Waals surface area contributed by atoms with Crippen LogP contribution in [0.5, 0.6) is 6.01 Å². The van der Waals surface area contributed by atoms with Crippen molar-refractivity contribution in [3.63, 3.8) is 0 Å². The molecule has 0 saturated heterocycles. The van der Waals surface area contributed by atoms with Crippen LogP contribution < -0.4 is 21.7 Å². The maximum Gasteiger partial charge on any atom is 0.413 e. The number of rotatable bonds is 4. The van der Waals surface area contributed by atoms with Crippen LogP contribution in [0.1, 0.15) is 26.5 Å². The lowest BCUT2D eigenvalue weighted by Crippen LogP contribution is -2.39. The standard InChI is InChI=1S/C20H25BrN8O3/c1-20(2,3)32-19(30)25-15-10-5-7-12(24-15)11-31-18-26-16-13(21)8-6-9-14(16)29(18)17(27-22)28(4)23/h5-10H,11,22-23H2,1-4H3,(H,24,25,30)/b27-17+. The number of hydrazine groups is 1. The predicted molar refractivity (Wildman–Crippen MR) is 125 cm³/mol. The Labute approximate surface area is 193 Å². The Morgan fingerprint density at radius 1 is 1.25 bits per heavy atom. The first-order valence-corrected chi connectivity index (χ1v) is 10.4. The van der Waals surface area contributed by atoms with E-state index in [0.29, 0.717) is 22.5 Å². The number of ether oxygens (including phenoxy) is 2. The molecule has 0 radical (unpaired) electrons. The highest BCUT2D eigenvalue weighted by molar-refractivity contribution is 9.10. The van der Waals surface area contributed by atoms with E-state index in [1.165, 1.54) is 5.01 Å². The predicted octanol–water partition coefficient (Wildman–Crippen LogP) is 3.00. The molecule has 0 aliphatic heterocycles. The summed E-state index contributed by atoms with van der Waals surface area (Å²) >= 11 is 3.49. The third-order valence-electron chi connectivity index (χ3n) is 4.02. The van der Waals surface area contributed by atoms with Crippen LogP contribution in [0.3, 0.4) is 0 Å². The summed E-state index contributed by atoms with van der Waals surface area (Å²) in [5, 5.41) is 7.64. The van der Waals surface area contributed by atoms with Crippen LogP contribution in [0.4, 0.5) is 10.6 Å². The highest BCUT2D eigenvalue weighted by Crippen LogP contribution is 2.28. The number of carbonyl (C=O) groups is 1. The van der Waals surface area contributed by atoms with E-state index in [1.54, 1.807) is 50.6 Å². The summed E-state index contributed by atoms with van der Waals surface area (Å²) in [6, 6.07) is 10.9. The molecule has 0 unspecified atom stereocenters. The van der Waals surface area contributed by atoms with Gasteiger partial charge < -0.3 is 15.3 Å². The topological polar surface area (TPSA) is 146 Å². The average Bonchev–Trinajstić information content (AvgIpc) is 3.05. The van der Waals surface area contributed by atoms with Gasteiger partial charge in [0.25, 0.3) is 0 Å². The summed E-state index contributed by atoms with van der Waals surface area (Å²) in [5.41, 5.74) is 1.29. The number of pyridine rings is 1. The number of anilines is 1. The zero-order chi connectivity index (χ0) is 23.5. The van der Waals surface area contributed by atoms with Crippen LogP contribution in [0.2, 0.25) is 0 Å². The SMILES string of the molecule is CN(N)/C(=N\N)n1c(OCc2cccc(NC(=O)OC(C)(C)C)n2)nc2c(Br)cccc21. The molecular formula is C20H25BrN8O3. The summed E-state index contributed by atoms with van der Waals surface area (Å²) in [6.07, 6.45) is -0.593. The van der Waals surface area contributed by atoms with E-state index in [0.717, 1.165) is 4.47 Å². The fraction of sp³-hybridized carbons (Fsp3) is 0.300. The smallest absolute Gasteiger partial charge is 0.413 e. The molecule has 0 fully saturated rings. The van der Waals surface area contributed by atoms with E-state index in [2.05, 4.69) is 36.3 Å². The zero-order valence-electron chi connectivity index (χ0n) is 18.2. The number of hydrogen-bond acceptors (Lipinski definition) is 8. The van der Waals surface area contributed by atoms with Gasteiger partial charge in [0, 0.05) is 11.5 Å². The lowest BCUT2D eigenvalue weighted by molar-refractivity contribution is 0.0635. The van der Waals surface area contributed by atoms with Crippen molar-refractivity contribution in [2.24, 2.45) is 16.8 Å². The Bertz CT molecular complexity index is 1150. The van der Waals surface area contributed by atoms with Crippen LogP contribution in [0.15, 0.2) is 46.0 Å². The van der Waals surface area contributed by atoms with E-state index in [9.17, 15) is 4.79 Å². The summed E-state index contributed by atoms with van der Waals surface area (Å²) < 4.78 is 13.6. The van der Waals surface area contributed by atoms with E-state index in [4.69, 9.17) is 21.2 Å². The fourth-order valence-electron chi connectivity index (χ4n) is 2.82. The molecule has 0 aliphatic rings. The number of aromatic nitrogens is 3. The molecule has 32 heavy (non-hydrogen) atoms. The molecule has 3 aromatic rings. The highest BCUT2D eigenvalue weighted by atomic mass is 79.9. The lowest BCUT2D eigenvalue weighted by Gasteiger charge is -2.19. The second-order valence-electron chi connectivity index (χ2n) is 7.81. The summed E-state index contributed by atoms with van der Waals surface area (Å²) in [6.45, 7) is 5.42. The number of imidazole rings is 1. The third-order valence-corrected chi connectivity index (χ3v) is 4.66. The largest absolute Gasteiger partial charge is 0.458 e. The number of benzene rings is 1. The molecule has 2 aromatic heterocycles. The molecule has 0 spiro atoms. The van der Waals surface area contributed by atoms with Gasteiger partial charge in [0.1, 0.15) is 23.5 Å². The number of nitrogens with two attached hydrogens (primary N) is 2. The number of amides is 1. The molecule has 0 saturated carbocycles. The number of nitrogens with one attached hydrogen (secondary N) is 1. The van der Waals surface area contributed by atoms with Gasteiger partial charge >= 0.3 is 12.1 Å². The minimum Gasteiger partial charge on any atom is -0.458 e. The molecule has 2 heterocycles. The molecule has 0 atom stereocenters. The maximum atomic E-state index is 12.0. The van der Waals surface area contributed by atoms with Crippen LogP contribution >= 0.6 is 15.9 Å². The first-order chi connectivity index (χ1) is 15.1. The minimum absolute atomic E-state index is 0.0664. The molecule has 5 N–H and O–H groups in total. The number of nitrogens with zero attached hydrogens (tertiary/aromatic N) is 5. The van der Waals surface area contributed by atoms with Gasteiger partial charge in [0.15, 0.2) is 0 Å². The molecule has 0 bridgehead atoms. The van der Waals surface area contributed by atoms with Crippen LogP contribution in [-0.2, 0) is 11.3 Å².